The fourth-order valence-corrected chi connectivity index (χ4v) is 4.35. The number of aromatic nitrogens is 3. The van der Waals surface area contributed by atoms with Gasteiger partial charge in [0.05, 0.1) is 16.7 Å². The van der Waals surface area contributed by atoms with Crippen LogP contribution in [0.2, 0.25) is 0 Å². The van der Waals surface area contributed by atoms with Crippen LogP contribution in [0.3, 0.4) is 0 Å². The van der Waals surface area contributed by atoms with Gasteiger partial charge in [-0.15, -0.1) is 0 Å². The number of hydrogen-bond acceptors (Lipinski definition) is 2. The van der Waals surface area contributed by atoms with E-state index in [0.29, 0.717) is 0 Å². The summed E-state index contributed by atoms with van der Waals surface area (Å²) in [6.45, 7) is 8.54. The Labute approximate surface area is 207 Å². The van der Waals surface area contributed by atoms with E-state index in [1.165, 1.54) is 22.2 Å². The van der Waals surface area contributed by atoms with E-state index in [4.69, 9.17) is 4.98 Å². The number of imidazole rings is 2. The Balaban J connectivity index is 0.00000153. The number of fused-ring (bicyclic) bond motifs is 3. The minimum atomic E-state index is 0. The predicted octanol–water partition coefficient (Wildman–Crippen LogP) is -0.0272. The second-order valence-electron chi connectivity index (χ2n) is 7.91. The minimum Gasteiger partial charge on any atom is -1.00 e. The topological polar surface area (TPSA) is 25.5 Å². The van der Waals surface area contributed by atoms with Crippen molar-refractivity contribution in [2.75, 3.05) is 19.6 Å². The number of likely N-dealkylation sites (N-methyl/N-ethyl adjacent to an activating group) is 1. The highest BCUT2D eigenvalue weighted by Gasteiger charge is 2.15. The molecule has 0 saturated heterocycles. The first kappa shape index (κ1) is 24.8. The summed E-state index contributed by atoms with van der Waals surface area (Å²) in [4.78, 5) is 7.52. The molecule has 0 aliphatic heterocycles. The van der Waals surface area contributed by atoms with Gasteiger partial charge in [-0.1, -0.05) is 80.6 Å². The van der Waals surface area contributed by atoms with Crippen LogP contribution in [-0.2, 0) is 6.54 Å². The molecular weight excluding hydrogens is 451 g/mol. The molecule has 4 nitrogen and oxygen atoms in total. The molecule has 0 aliphatic carbocycles. The number of halogens is 2. The van der Waals surface area contributed by atoms with Gasteiger partial charge >= 0.3 is 0 Å². The molecule has 2 heterocycles. The maximum atomic E-state index is 5.06. The van der Waals surface area contributed by atoms with Crippen molar-refractivity contribution in [2.45, 2.75) is 20.4 Å². The maximum Gasteiger partial charge on any atom is 0.215 e. The van der Waals surface area contributed by atoms with Crippen molar-refractivity contribution in [1.29, 1.82) is 0 Å². The largest absolute Gasteiger partial charge is 1.00 e. The Morgan fingerprint density at radius 2 is 1.27 bits per heavy atom. The van der Waals surface area contributed by atoms with Crippen molar-refractivity contribution in [2.24, 2.45) is 0 Å². The molecule has 0 spiro atoms. The van der Waals surface area contributed by atoms with E-state index in [2.05, 4.69) is 107 Å². The molecule has 0 amide bonds. The molecule has 3 aromatic carbocycles. The van der Waals surface area contributed by atoms with Gasteiger partial charge in [0.2, 0.25) is 5.78 Å². The molecule has 0 saturated carbocycles. The molecule has 0 N–H and O–H groups in total. The monoisotopic (exact) mass is 478 g/mol. The highest BCUT2D eigenvalue weighted by Crippen LogP contribution is 2.27. The molecule has 5 aromatic rings. The van der Waals surface area contributed by atoms with Crippen molar-refractivity contribution < 1.29 is 24.8 Å². The zero-order chi connectivity index (χ0) is 21.2. The van der Waals surface area contributed by atoms with Crippen LogP contribution in [0.4, 0.5) is 0 Å². The number of nitrogens with zero attached hydrogens (tertiary/aromatic N) is 4. The SMILES string of the molecule is CCN(CC)CCn1c2ccccc2n2cc(-c3ccc(-c4ccccc4)cc3)nc12.[Cl-].[Cl-]. The van der Waals surface area contributed by atoms with Crippen LogP contribution in [0.25, 0.3) is 39.2 Å². The molecule has 0 atom stereocenters. The molecule has 0 bridgehead atoms. The van der Waals surface area contributed by atoms with E-state index in [0.717, 1.165) is 43.2 Å². The fourth-order valence-electron chi connectivity index (χ4n) is 4.35. The van der Waals surface area contributed by atoms with E-state index < -0.39 is 0 Å². The number of rotatable bonds is 7. The second kappa shape index (κ2) is 10.9. The van der Waals surface area contributed by atoms with Crippen LogP contribution in [0.5, 0.6) is 0 Å². The summed E-state index contributed by atoms with van der Waals surface area (Å²) in [6, 6.07) is 27.8. The smallest absolute Gasteiger partial charge is 0.215 e. The van der Waals surface area contributed by atoms with Crippen LogP contribution >= 0.6 is 0 Å². The Bertz CT molecular complexity index is 1300. The zero-order valence-electron chi connectivity index (χ0n) is 19.0. The van der Waals surface area contributed by atoms with Gasteiger partial charge in [-0.25, -0.2) is 4.98 Å². The summed E-state index contributed by atoms with van der Waals surface area (Å²) in [5.41, 5.74) is 7.06. The molecular formula is C27H28Cl2N4-2. The van der Waals surface area contributed by atoms with Crippen molar-refractivity contribution in [3.63, 3.8) is 0 Å². The molecule has 2 aromatic heterocycles. The van der Waals surface area contributed by atoms with Crippen molar-refractivity contribution in [3.05, 3.63) is 85.1 Å². The van der Waals surface area contributed by atoms with E-state index in [1.54, 1.807) is 0 Å². The lowest BCUT2D eigenvalue weighted by molar-refractivity contribution is -0.001000. The molecule has 0 aliphatic rings. The van der Waals surface area contributed by atoms with Gasteiger partial charge in [0.25, 0.3) is 0 Å². The van der Waals surface area contributed by atoms with Gasteiger partial charge in [-0.05, 0) is 36.3 Å². The first-order valence-electron chi connectivity index (χ1n) is 11.1. The summed E-state index contributed by atoms with van der Waals surface area (Å²) in [6.07, 6.45) is 2.17. The van der Waals surface area contributed by atoms with E-state index >= 15 is 0 Å². The normalized spacial score (nSPS) is 11.0. The summed E-state index contributed by atoms with van der Waals surface area (Å²) in [5.74, 6) is 1.01. The lowest BCUT2D eigenvalue weighted by Gasteiger charge is -2.18. The minimum absolute atomic E-state index is 0. The van der Waals surface area contributed by atoms with Crippen molar-refractivity contribution in [1.82, 2.24) is 18.9 Å². The third kappa shape index (κ3) is 4.79. The highest BCUT2D eigenvalue weighted by atomic mass is 35.5. The third-order valence-corrected chi connectivity index (χ3v) is 6.18. The van der Waals surface area contributed by atoms with Gasteiger partial charge in [0.1, 0.15) is 0 Å². The molecule has 172 valence electrons. The van der Waals surface area contributed by atoms with Crippen LogP contribution in [0.1, 0.15) is 13.8 Å². The highest BCUT2D eigenvalue weighted by molar-refractivity contribution is 5.82. The molecule has 33 heavy (non-hydrogen) atoms. The predicted molar refractivity (Wildman–Crippen MR) is 129 cm³/mol. The number of benzene rings is 3. The molecule has 0 fully saturated rings. The summed E-state index contributed by atoms with van der Waals surface area (Å²) < 4.78 is 4.59. The van der Waals surface area contributed by atoms with Gasteiger partial charge in [0.15, 0.2) is 0 Å². The standard InChI is InChI=1S/C27H28N4.2ClH/c1-3-29(4-2)18-19-30-25-12-8-9-13-26(25)31-20-24(28-27(30)31)23-16-14-22(15-17-23)21-10-6-5-7-11-21;;/h5-17,20H,3-4,18-19H2,1-2H3;2*1H/p-2. The Kier molecular flexibility index (Phi) is 8.20. The average molecular weight is 479 g/mol. The zero-order valence-corrected chi connectivity index (χ0v) is 20.5. The van der Waals surface area contributed by atoms with E-state index in [1.807, 2.05) is 6.07 Å². The lowest BCUT2D eigenvalue weighted by atomic mass is 10.0. The fraction of sp³-hybridized carbons (Fsp3) is 0.222. The first-order valence-corrected chi connectivity index (χ1v) is 11.1. The summed E-state index contributed by atoms with van der Waals surface area (Å²) in [5, 5.41) is 0. The quantitative estimate of drug-likeness (QED) is 0.328. The van der Waals surface area contributed by atoms with Gasteiger partial charge in [-0.3, -0.25) is 4.40 Å². The average Bonchev–Trinajstić information content (AvgIpc) is 3.39. The molecule has 6 heteroatoms. The Morgan fingerprint density at radius 3 is 1.94 bits per heavy atom. The first-order chi connectivity index (χ1) is 15.3. The van der Waals surface area contributed by atoms with Gasteiger partial charge in [-0.2, -0.15) is 0 Å². The third-order valence-electron chi connectivity index (χ3n) is 6.18. The molecule has 0 radical (unpaired) electrons. The lowest BCUT2D eigenvalue weighted by Crippen LogP contribution is -3.00. The molecule has 5 rings (SSSR count). The van der Waals surface area contributed by atoms with Gasteiger partial charge in [0, 0.05) is 24.8 Å². The van der Waals surface area contributed by atoms with Gasteiger partial charge < -0.3 is 34.3 Å². The number of hydrogen-bond donors (Lipinski definition) is 0. The van der Waals surface area contributed by atoms with Crippen molar-refractivity contribution >= 4 is 16.8 Å². The summed E-state index contributed by atoms with van der Waals surface area (Å²) in [7, 11) is 0. The Morgan fingerprint density at radius 1 is 0.697 bits per heavy atom. The number of para-hydroxylation sites is 2. The van der Waals surface area contributed by atoms with Crippen molar-refractivity contribution in [3.8, 4) is 22.4 Å². The second-order valence-corrected chi connectivity index (χ2v) is 7.91. The summed E-state index contributed by atoms with van der Waals surface area (Å²) >= 11 is 0. The molecule has 0 unspecified atom stereocenters. The maximum absolute atomic E-state index is 5.06. The van der Waals surface area contributed by atoms with Crippen LogP contribution in [0, 0.1) is 0 Å². The van der Waals surface area contributed by atoms with Crippen LogP contribution in [-0.4, -0.2) is 38.5 Å². The van der Waals surface area contributed by atoms with E-state index in [-0.39, 0.29) is 24.8 Å². The van der Waals surface area contributed by atoms with Crippen LogP contribution in [0.15, 0.2) is 85.1 Å². The Hall–Kier alpha value is -2.79. The van der Waals surface area contributed by atoms with E-state index in [9.17, 15) is 0 Å². The van der Waals surface area contributed by atoms with Crippen LogP contribution < -0.4 is 24.8 Å².